The summed E-state index contributed by atoms with van der Waals surface area (Å²) in [4.78, 5) is 41.7. The third-order valence-corrected chi connectivity index (χ3v) is 5.72. The Bertz CT molecular complexity index is 863. The van der Waals surface area contributed by atoms with Gasteiger partial charge in [-0.05, 0) is 24.8 Å². The monoisotopic (exact) mass is 401 g/mol. The van der Waals surface area contributed by atoms with E-state index >= 15 is 0 Å². The molecule has 28 heavy (non-hydrogen) atoms. The third-order valence-electron chi connectivity index (χ3n) is 4.83. The molecular weight excluding hydrogens is 378 g/mol. The van der Waals surface area contributed by atoms with Gasteiger partial charge in [-0.3, -0.25) is 9.59 Å². The third kappa shape index (κ3) is 4.75. The highest BCUT2D eigenvalue weighted by Crippen LogP contribution is 2.24. The Morgan fingerprint density at radius 1 is 1.29 bits per heavy atom. The molecular formula is C20H23N3O4S. The van der Waals surface area contributed by atoms with Crippen LogP contribution in [0.2, 0.25) is 0 Å². The number of thiazole rings is 1. The number of esters is 1. The number of likely N-dealkylation sites (tertiary alicyclic amines) is 1. The van der Waals surface area contributed by atoms with Gasteiger partial charge >= 0.3 is 5.97 Å². The van der Waals surface area contributed by atoms with Crippen LogP contribution in [-0.4, -0.2) is 47.4 Å². The minimum Gasteiger partial charge on any atom is -0.451 e. The zero-order valence-electron chi connectivity index (χ0n) is 15.7. The number of hydrogen-bond donors (Lipinski definition) is 1. The second-order valence-electron chi connectivity index (χ2n) is 6.75. The Labute approximate surface area is 167 Å². The fourth-order valence-electron chi connectivity index (χ4n) is 3.11. The van der Waals surface area contributed by atoms with E-state index < -0.39 is 11.9 Å². The van der Waals surface area contributed by atoms with Crippen molar-refractivity contribution in [3.63, 3.8) is 0 Å². The highest BCUT2D eigenvalue weighted by molar-refractivity contribution is 7.13. The number of ether oxygens (including phenoxy) is 1. The molecule has 2 heterocycles. The van der Waals surface area contributed by atoms with Crippen LogP contribution >= 0.6 is 11.3 Å². The van der Waals surface area contributed by atoms with Crippen molar-refractivity contribution in [3.05, 3.63) is 40.9 Å². The molecule has 7 nitrogen and oxygen atoms in total. The SMILES string of the molecule is CCc1ccc(-c2nc(C(=O)OCC(=O)N3CCC[C@@H](C(N)=O)C3)cs2)cc1. The molecule has 0 unspecified atom stereocenters. The fourth-order valence-corrected chi connectivity index (χ4v) is 3.91. The molecule has 1 aromatic heterocycles. The van der Waals surface area contributed by atoms with Gasteiger partial charge in [-0.2, -0.15) is 0 Å². The van der Waals surface area contributed by atoms with E-state index in [0.29, 0.717) is 19.4 Å². The first-order valence-corrected chi connectivity index (χ1v) is 10.1. The molecule has 1 atom stereocenters. The molecule has 2 amide bonds. The van der Waals surface area contributed by atoms with Gasteiger partial charge in [0.1, 0.15) is 5.01 Å². The number of carbonyl (C=O) groups is 3. The summed E-state index contributed by atoms with van der Waals surface area (Å²) in [6, 6.07) is 8.01. The van der Waals surface area contributed by atoms with Crippen molar-refractivity contribution in [3.8, 4) is 10.6 Å². The first kappa shape index (κ1) is 20.0. The molecule has 0 radical (unpaired) electrons. The molecule has 148 valence electrons. The minimum atomic E-state index is -0.635. The van der Waals surface area contributed by atoms with Gasteiger partial charge in [0.25, 0.3) is 5.91 Å². The van der Waals surface area contributed by atoms with E-state index in [-0.39, 0.29) is 30.7 Å². The Hall–Kier alpha value is -2.74. The Kier molecular flexibility index (Phi) is 6.41. The molecule has 1 aromatic carbocycles. The second-order valence-corrected chi connectivity index (χ2v) is 7.60. The minimum absolute atomic E-state index is 0.182. The summed E-state index contributed by atoms with van der Waals surface area (Å²) in [5.41, 5.74) is 7.67. The topological polar surface area (TPSA) is 103 Å². The van der Waals surface area contributed by atoms with E-state index in [9.17, 15) is 14.4 Å². The maximum Gasteiger partial charge on any atom is 0.358 e. The van der Waals surface area contributed by atoms with Crippen molar-refractivity contribution < 1.29 is 19.1 Å². The van der Waals surface area contributed by atoms with Crippen LogP contribution in [0.3, 0.4) is 0 Å². The zero-order chi connectivity index (χ0) is 20.1. The maximum absolute atomic E-state index is 12.3. The number of rotatable bonds is 6. The number of hydrogen-bond acceptors (Lipinski definition) is 6. The van der Waals surface area contributed by atoms with Gasteiger partial charge in [0.2, 0.25) is 5.91 Å². The van der Waals surface area contributed by atoms with Gasteiger partial charge in [0.15, 0.2) is 12.3 Å². The summed E-state index contributed by atoms with van der Waals surface area (Å²) in [6.07, 6.45) is 2.35. The molecule has 2 N–H and O–H groups in total. The van der Waals surface area contributed by atoms with Crippen LogP contribution in [-0.2, 0) is 20.7 Å². The van der Waals surface area contributed by atoms with Crippen LogP contribution < -0.4 is 5.73 Å². The van der Waals surface area contributed by atoms with Crippen LogP contribution in [0.1, 0.15) is 35.8 Å². The highest BCUT2D eigenvalue weighted by atomic mass is 32.1. The molecule has 0 aliphatic carbocycles. The summed E-state index contributed by atoms with van der Waals surface area (Å²) < 4.78 is 5.12. The highest BCUT2D eigenvalue weighted by Gasteiger charge is 2.27. The predicted molar refractivity (Wildman–Crippen MR) is 106 cm³/mol. The number of nitrogens with zero attached hydrogens (tertiary/aromatic N) is 2. The lowest BCUT2D eigenvalue weighted by atomic mass is 9.97. The fraction of sp³-hybridized carbons (Fsp3) is 0.400. The lowest BCUT2D eigenvalue weighted by molar-refractivity contribution is -0.137. The second kappa shape index (κ2) is 8.97. The number of benzene rings is 1. The quantitative estimate of drug-likeness (QED) is 0.748. The van der Waals surface area contributed by atoms with Crippen LogP contribution in [0.5, 0.6) is 0 Å². The maximum atomic E-state index is 12.3. The van der Waals surface area contributed by atoms with Crippen molar-refractivity contribution in [1.82, 2.24) is 9.88 Å². The van der Waals surface area contributed by atoms with Gasteiger partial charge in [-0.25, -0.2) is 9.78 Å². The Balaban J connectivity index is 1.55. The lowest BCUT2D eigenvalue weighted by Crippen LogP contribution is -2.45. The number of carbonyl (C=O) groups excluding carboxylic acids is 3. The van der Waals surface area contributed by atoms with Crippen molar-refractivity contribution in [2.24, 2.45) is 11.7 Å². The van der Waals surface area contributed by atoms with E-state index in [1.807, 2.05) is 24.3 Å². The molecule has 1 saturated heterocycles. The molecule has 0 saturated carbocycles. The predicted octanol–water partition coefficient (Wildman–Crippen LogP) is 2.25. The molecule has 2 aromatic rings. The first-order valence-electron chi connectivity index (χ1n) is 9.27. The largest absolute Gasteiger partial charge is 0.451 e. The standard InChI is InChI=1S/C20H23N3O4S/c1-2-13-5-7-14(8-6-13)19-22-16(12-28-19)20(26)27-11-17(24)23-9-3-4-15(10-23)18(21)25/h5-8,12,15H,2-4,9-11H2,1H3,(H2,21,25)/t15-/m1/s1. The summed E-state index contributed by atoms with van der Waals surface area (Å²) in [5, 5.41) is 2.35. The molecule has 0 bridgehead atoms. The number of piperidine rings is 1. The van der Waals surface area contributed by atoms with Crippen LogP contribution in [0, 0.1) is 5.92 Å². The number of amides is 2. The van der Waals surface area contributed by atoms with Gasteiger partial charge in [-0.1, -0.05) is 31.2 Å². The van der Waals surface area contributed by atoms with Crippen molar-refractivity contribution >= 4 is 29.1 Å². The van der Waals surface area contributed by atoms with Gasteiger partial charge < -0.3 is 15.4 Å². The van der Waals surface area contributed by atoms with Gasteiger partial charge in [0.05, 0.1) is 5.92 Å². The molecule has 0 spiro atoms. The zero-order valence-corrected chi connectivity index (χ0v) is 16.5. The average molecular weight is 401 g/mol. The molecule has 1 aliphatic heterocycles. The molecule has 1 fully saturated rings. The van der Waals surface area contributed by atoms with Gasteiger partial charge in [-0.15, -0.1) is 11.3 Å². The van der Waals surface area contributed by atoms with Crippen molar-refractivity contribution in [1.29, 1.82) is 0 Å². The average Bonchev–Trinajstić information content (AvgIpc) is 3.22. The summed E-state index contributed by atoms with van der Waals surface area (Å²) in [6.45, 7) is 2.53. The van der Waals surface area contributed by atoms with E-state index in [2.05, 4.69) is 11.9 Å². The van der Waals surface area contributed by atoms with E-state index in [0.717, 1.165) is 17.0 Å². The Morgan fingerprint density at radius 3 is 2.71 bits per heavy atom. The Morgan fingerprint density at radius 2 is 2.04 bits per heavy atom. The molecule has 8 heteroatoms. The van der Waals surface area contributed by atoms with Crippen LogP contribution in [0.4, 0.5) is 0 Å². The molecule has 1 aliphatic rings. The van der Waals surface area contributed by atoms with E-state index in [1.54, 1.807) is 5.38 Å². The summed E-state index contributed by atoms with van der Waals surface area (Å²) in [5.74, 6) is -1.71. The van der Waals surface area contributed by atoms with Gasteiger partial charge in [0, 0.05) is 24.0 Å². The van der Waals surface area contributed by atoms with E-state index in [4.69, 9.17) is 10.5 Å². The smallest absolute Gasteiger partial charge is 0.358 e. The number of primary amides is 1. The summed E-state index contributed by atoms with van der Waals surface area (Å²) in [7, 11) is 0. The number of aryl methyl sites for hydroxylation is 1. The van der Waals surface area contributed by atoms with Crippen LogP contribution in [0.15, 0.2) is 29.6 Å². The normalized spacial score (nSPS) is 16.6. The van der Waals surface area contributed by atoms with Crippen LogP contribution in [0.25, 0.3) is 10.6 Å². The number of aromatic nitrogens is 1. The van der Waals surface area contributed by atoms with Crippen molar-refractivity contribution in [2.45, 2.75) is 26.2 Å². The van der Waals surface area contributed by atoms with Crippen molar-refractivity contribution in [2.75, 3.05) is 19.7 Å². The first-order chi connectivity index (χ1) is 13.5. The van der Waals surface area contributed by atoms with E-state index in [1.165, 1.54) is 21.8 Å². The lowest BCUT2D eigenvalue weighted by Gasteiger charge is -2.30. The molecule has 3 rings (SSSR count). The summed E-state index contributed by atoms with van der Waals surface area (Å²) >= 11 is 1.35. The number of nitrogens with two attached hydrogens (primary N) is 1.